The lowest BCUT2D eigenvalue weighted by atomic mass is 10.0. The van der Waals surface area contributed by atoms with Crippen LogP contribution in [-0.4, -0.2) is 83.0 Å². The van der Waals surface area contributed by atoms with Gasteiger partial charge in [-0.25, -0.2) is 4.79 Å². The maximum absolute atomic E-state index is 12.8. The van der Waals surface area contributed by atoms with Crippen molar-refractivity contribution < 1.29 is 39.0 Å². The second kappa shape index (κ2) is 17.2. The van der Waals surface area contributed by atoms with Crippen LogP contribution in [0.1, 0.15) is 51.4 Å². The average molecular weight is 504 g/mol. The van der Waals surface area contributed by atoms with Crippen molar-refractivity contribution in [2.24, 2.45) is 22.9 Å². The summed E-state index contributed by atoms with van der Waals surface area (Å²) < 4.78 is 0. The van der Waals surface area contributed by atoms with Gasteiger partial charge in [0.2, 0.25) is 23.6 Å². The van der Waals surface area contributed by atoms with Crippen molar-refractivity contribution in [2.75, 3.05) is 13.1 Å². The molecule has 35 heavy (non-hydrogen) atoms. The van der Waals surface area contributed by atoms with Crippen LogP contribution in [0.2, 0.25) is 0 Å². The van der Waals surface area contributed by atoms with Crippen molar-refractivity contribution in [3.05, 3.63) is 0 Å². The van der Waals surface area contributed by atoms with Gasteiger partial charge in [-0.05, 0) is 51.6 Å². The second-order valence-corrected chi connectivity index (χ2v) is 7.97. The number of hydrogen-bond donors (Lipinski definition) is 9. The predicted molar refractivity (Wildman–Crippen MR) is 123 cm³/mol. The standard InChI is InChI=1S/C20H37N7O8/c21-7-3-1-5-12(18(32)26-13(20(34)35)6-2-4-8-22)25-19(33)14(10-16(29)30)27-17(31)11(23)9-15(24)28/h11-14H,1-10,21-23H2,(H2,24,28)(H,25,33)(H,26,32)(H,27,31)(H,29,30)(H,34,35). The Bertz CT molecular complexity index is 749. The van der Waals surface area contributed by atoms with Crippen LogP contribution in [0.4, 0.5) is 0 Å². The van der Waals surface area contributed by atoms with Crippen molar-refractivity contribution in [1.29, 1.82) is 0 Å². The van der Waals surface area contributed by atoms with Gasteiger partial charge >= 0.3 is 11.9 Å². The minimum Gasteiger partial charge on any atom is -0.481 e. The fraction of sp³-hybridized carbons (Fsp3) is 0.700. The summed E-state index contributed by atoms with van der Waals surface area (Å²) in [6.45, 7) is 0.673. The summed E-state index contributed by atoms with van der Waals surface area (Å²) in [5.41, 5.74) is 21.4. The number of carbonyl (C=O) groups is 6. The molecule has 0 bridgehead atoms. The summed E-state index contributed by atoms with van der Waals surface area (Å²) in [6, 6.07) is -5.48. The number of nitrogens with one attached hydrogen (secondary N) is 3. The Morgan fingerprint density at radius 3 is 1.57 bits per heavy atom. The predicted octanol–water partition coefficient (Wildman–Crippen LogP) is -3.54. The van der Waals surface area contributed by atoms with Crippen LogP contribution in [-0.2, 0) is 28.8 Å². The number of hydrogen-bond acceptors (Lipinski definition) is 9. The molecule has 4 amide bonds. The highest BCUT2D eigenvalue weighted by molar-refractivity contribution is 5.96. The van der Waals surface area contributed by atoms with Crippen molar-refractivity contribution in [2.45, 2.75) is 75.5 Å². The van der Waals surface area contributed by atoms with Crippen LogP contribution < -0.4 is 38.9 Å². The highest BCUT2D eigenvalue weighted by Crippen LogP contribution is 2.06. The maximum atomic E-state index is 12.8. The molecule has 13 N–H and O–H groups in total. The molecule has 0 spiro atoms. The molecule has 0 saturated heterocycles. The summed E-state index contributed by atoms with van der Waals surface area (Å²) >= 11 is 0. The molecule has 0 radical (unpaired) electrons. The number of rotatable bonds is 19. The van der Waals surface area contributed by atoms with E-state index in [1.165, 1.54) is 0 Å². The van der Waals surface area contributed by atoms with Gasteiger partial charge in [-0.2, -0.15) is 0 Å². The minimum absolute atomic E-state index is 0.0822. The van der Waals surface area contributed by atoms with E-state index in [9.17, 15) is 33.9 Å². The molecule has 4 unspecified atom stereocenters. The quantitative estimate of drug-likeness (QED) is 0.0778. The van der Waals surface area contributed by atoms with Crippen LogP contribution in [0.3, 0.4) is 0 Å². The number of unbranched alkanes of at least 4 members (excludes halogenated alkanes) is 2. The number of aliphatic carboxylic acids is 2. The molecule has 0 aromatic carbocycles. The summed E-state index contributed by atoms with van der Waals surface area (Å²) in [4.78, 5) is 71.4. The lowest BCUT2D eigenvalue weighted by Crippen LogP contribution is -2.57. The van der Waals surface area contributed by atoms with Gasteiger partial charge in [0.1, 0.15) is 18.1 Å². The van der Waals surface area contributed by atoms with Crippen molar-refractivity contribution in [3.8, 4) is 0 Å². The summed E-state index contributed by atoms with van der Waals surface area (Å²) in [5.74, 6) is -6.34. The monoisotopic (exact) mass is 503 g/mol. The molecular weight excluding hydrogens is 466 g/mol. The zero-order valence-electron chi connectivity index (χ0n) is 19.5. The molecule has 15 heteroatoms. The molecule has 0 aromatic heterocycles. The first-order valence-electron chi connectivity index (χ1n) is 11.2. The molecule has 0 aliphatic heterocycles. The van der Waals surface area contributed by atoms with Crippen LogP contribution in [0.15, 0.2) is 0 Å². The van der Waals surface area contributed by atoms with E-state index in [0.717, 1.165) is 0 Å². The van der Waals surface area contributed by atoms with Crippen LogP contribution in [0.25, 0.3) is 0 Å². The smallest absolute Gasteiger partial charge is 0.326 e. The topological polar surface area (TPSA) is 283 Å². The van der Waals surface area contributed by atoms with Crippen molar-refractivity contribution in [1.82, 2.24) is 16.0 Å². The number of amides is 4. The van der Waals surface area contributed by atoms with Gasteiger partial charge in [0.15, 0.2) is 0 Å². The number of primary amides is 1. The zero-order chi connectivity index (χ0) is 27.0. The third-order valence-corrected chi connectivity index (χ3v) is 4.91. The van der Waals surface area contributed by atoms with E-state index in [-0.39, 0.29) is 12.8 Å². The Morgan fingerprint density at radius 2 is 1.11 bits per heavy atom. The van der Waals surface area contributed by atoms with E-state index in [0.29, 0.717) is 38.8 Å². The Morgan fingerprint density at radius 1 is 0.657 bits per heavy atom. The molecule has 0 saturated carbocycles. The first kappa shape index (κ1) is 31.7. The van der Waals surface area contributed by atoms with Gasteiger partial charge < -0.3 is 49.1 Å². The normalized spacial score (nSPS) is 14.1. The number of nitrogens with two attached hydrogens (primary N) is 4. The summed E-state index contributed by atoms with van der Waals surface area (Å²) in [5, 5.41) is 25.4. The molecule has 0 aliphatic carbocycles. The summed E-state index contributed by atoms with van der Waals surface area (Å²) in [6.07, 6.45) is 0.763. The van der Waals surface area contributed by atoms with E-state index in [4.69, 9.17) is 28.0 Å². The van der Waals surface area contributed by atoms with E-state index >= 15 is 0 Å². The van der Waals surface area contributed by atoms with E-state index in [1.807, 2.05) is 0 Å². The van der Waals surface area contributed by atoms with Crippen molar-refractivity contribution in [3.63, 3.8) is 0 Å². The molecule has 0 fully saturated rings. The molecule has 0 heterocycles. The largest absolute Gasteiger partial charge is 0.481 e. The van der Waals surface area contributed by atoms with Crippen LogP contribution in [0.5, 0.6) is 0 Å². The Kier molecular flexibility index (Phi) is 15.6. The maximum Gasteiger partial charge on any atom is 0.326 e. The molecule has 4 atom stereocenters. The Balaban J connectivity index is 5.50. The Labute approximate surface area is 202 Å². The van der Waals surface area contributed by atoms with Gasteiger partial charge in [-0.3, -0.25) is 24.0 Å². The molecule has 200 valence electrons. The zero-order valence-corrected chi connectivity index (χ0v) is 19.5. The lowest BCUT2D eigenvalue weighted by Gasteiger charge is -2.24. The number of carboxylic acids is 2. The molecule has 15 nitrogen and oxygen atoms in total. The third-order valence-electron chi connectivity index (χ3n) is 4.91. The van der Waals surface area contributed by atoms with Gasteiger partial charge in [-0.1, -0.05) is 0 Å². The van der Waals surface area contributed by atoms with Crippen molar-refractivity contribution >= 4 is 35.6 Å². The number of carbonyl (C=O) groups excluding carboxylic acids is 4. The fourth-order valence-corrected chi connectivity index (χ4v) is 3.03. The number of carboxylic acid groups (broad SMARTS) is 2. The van der Waals surface area contributed by atoms with Crippen LogP contribution in [0, 0.1) is 0 Å². The average Bonchev–Trinajstić information content (AvgIpc) is 2.76. The molecule has 0 aliphatic rings. The van der Waals surface area contributed by atoms with Gasteiger partial charge in [0, 0.05) is 0 Å². The Hall–Kier alpha value is -3.30. The van der Waals surface area contributed by atoms with Gasteiger partial charge in [-0.15, -0.1) is 0 Å². The summed E-state index contributed by atoms with van der Waals surface area (Å²) in [7, 11) is 0. The van der Waals surface area contributed by atoms with Crippen LogP contribution >= 0.6 is 0 Å². The fourth-order valence-electron chi connectivity index (χ4n) is 3.03. The SMILES string of the molecule is NCCCCC(NC(=O)C(CCCCN)NC(=O)C(CC(=O)O)NC(=O)C(N)CC(N)=O)C(=O)O. The second-order valence-electron chi connectivity index (χ2n) is 7.97. The molecule has 0 rings (SSSR count). The highest BCUT2D eigenvalue weighted by Gasteiger charge is 2.31. The minimum atomic E-state index is -1.62. The van der Waals surface area contributed by atoms with Gasteiger partial charge in [0.25, 0.3) is 0 Å². The first-order chi connectivity index (χ1) is 16.4. The van der Waals surface area contributed by atoms with Gasteiger partial charge in [0.05, 0.1) is 18.9 Å². The van der Waals surface area contributed by atoms with E-state index < -0.39 is 72.6 Å². The third kappa shape index (κ3) is 13.9. The van der Waals surface area contributed by atoms with E-state index in [2.05, 4.69) is 16.0 Å². The molecule has 0 aromatic rings. The van der Waals surface area contributed by atoms with E-state index in [1.54, 1.807) is 0 Å². The first-order valence-corrected chi connectivity index (χ1v) is 11.2. The lowest BCUT2D eigenvalue weighted by molar-refractivity contribution is -0.143. The highest BCUT2D eigenvalue weighted by atomic mass is 16.4. The molecular formula is C20H37N7O8.